The average Bonchev–Trinajstić information content (AvgIpc) is 2.81. The van der Waals surface area contributed by atoms with Crippen molar-refractivity contribution in [2.45, 2.75) is 71.7 Å². The molecule has 3 rings (SSSR count). The summed E-state index contributed by atoms with van der Waals surface area (Å²) in [5.74, 6) is -0.837. The van der Waals surface area contributed by atoms with E-state index in [-0.39, 0.29) is 5.92 Å². The molecule has 0 unspecified atom stereocenters. The Bertz CT molecular complexity index is 1090. The van der Waals surface area contributed by atoms with Crippen LogP contribution in [0.1, 0.15) is 61.9 Å². The molecule has 0 fully saturated rings. The molecule has 0 saturated carbocycles. The Morgan fingerprint density at radius 3 is 1.29 bits per heavy atom. The molecule has 4 N–H and O–H groups in total. The van der Waals surface area contributed by atoms with E-state index in [0.29, 0.717) is 0 Å². The zero-order valence-corrected chi connectivity index (χ0v) is 21.1. The van der Waals surface area contributed by atoms with E-state index in [1.165, 1.54) is 11.1 Å². The monoisotopic (exact) mass is 462 g/mol. The van der Waals surface area contributed by atoms with E-state index in [1.807, 2.05) is 26.0 Å². The highest BCUT2D eigenvalue weighted by atomic mass is 16.4. The molecule has 0 aliphatic carbocycles. The van der Waals surface area contributed by atoms with Crippen LogP contribution in [0.2, 0.25) is 0 Å². The lowest BCUT2D eigenvalue weighted by molar-refractivity contribution is -0.0857. The third kappa shape index (κ3) is 5.42. The second-order valence-corrected chi connectivity index (χ2v) is 9.77. The molecule has 4 nitrogen and oxygen atoms in total. The van der Waals surface area contributed by atoms with Gasteiger partial charge in [0, 0.05) is 11.8 Å². The maximum Gasteiger partial charge on any atom is 0.109 e. The van der Waals surface area contributed by atoms with Crippen LogP contribution in [0.4, 0.5) is 0 Å². The second kappa shape index (κ2) is 10.8. The lowest BCUT2D eigenvalue weighted by Crippen LogP contribution is -2.44. The molecule has 0 heterocycles. The maximum absolute atomic E-state index is 11.5. The normalized spacial score (nSPS) is 15.3. The fourth-order valence-electron chi connectivity index (χ4n) is 4.63. The van der Waals surface area contributed by atoms with Gasteiger partial charge in [0.15, 0.2) is 0 Å². The van der Waals surface area contributed by atoms with E-state index >= 15 is 0 Å². The topological polar surface area (TPSA) is 80.9 Å². The minimum atomic E-state index is -1.50. The van der Waals surface area contributed by atoms with Gasteiger partial charge in [0.1, 0.15) is 12.2 Å². The lowest BCUT2D eigenvalue weighted by Gasteiger charge is -2.36. The van der Waals surface area contributed by atoms with Crippen molar-refractivity contribution in [2.75, 3.05) is 6.61 Å². The summed E-state index contributed by atoms with van der Waals surface area (Å²) in [7, 11) is 0. The zero-order valence-electron chi connectivity index (χ0n) is 21.1. The van der Waals surface area contributed by atoms with Crippen molar-refractivity contribution < 1.29 is 20.4 Å². The number of aliphatic hydroxyl groups excluding tert-OH is 4. The Hall–Kier alpha value is -2.50. The van der Waals surface area contributed by atoms with Crippen LogP contribution in [0, 0.1) is 41.5 Å². The van der Waals surface area contributed by atoms with E-state index in [1.54, 1.807) is 0 Å². The van der Waals surface area contributed by atoms with Crippen molar-refractivity contribution in [3.05, 3.63) is 105 Å². The number of benzene rings is 3. The van der Waals surface area contributed by atoms with Gasteiger partial charge in [-0.15, -0.1) is 0 Å². The summed E-state index contributed by atoms with van der Waals surface area (Å²) in [5, 5.41) is 42.0. The van der Waals surface area contributed by atoms with Gasteiger partial charge in [-0.25, -0.2) is 0 Å². The van der Waals surface area contributed by atoms with Crippen LogP contribution in [0.15, 0.2) is 54.6 Å². The van der Waals surface area contributed by atoms with E-state index in [4.69, 9.17) is 0 Å². The predicted octanol–water partition coefficient (Wildman–Crippen LogP) is 4.53. The Labute approximate surface area is 203 Å². The summed E-state index contributed by atoms with van der Waals surface area (Å²) in [6, 6.07) is 18.7. The number of hydrogen-bond acceptors (Lipinski definition) is 4. The fraction of sp³-hybridized carbons (Fsp3) is 0.400. The molecule has 0 saturated heterocycles. The number of rotatable bonds is 8. The molecule has 4 heteroatoms. The summed E-state index contributed by atoms with van der Waals surface area (Å²) in [5.41, 5.74) is 9.82. The number of aryl methyl sites for hydroxylation is 6. The van der Waals surface area contributed by atoms with Crippen LogP contribution < -0.4 is 0 Å². The van der Waals surface area contributed by atoms with E-state index in [0.717, 1.165) is 38.9 Å². The predicted molar refractivity (Wildman–Crippen MR) is 137 cm³/mol. The summed E-state index contributed by atoms with van der Waals surface area (Å²) in [6.45, 7) is 11.7. The van der Waals surface area contributed by atoms with Crippen LogP contribution >= 0.6 is 0 Å². The van der Waals surface area contributed by atoms with Crippen molar-refractivity contribution >= 4 is 0 Å². The molecule has 0 aliphatic rings. The van der Waals surface area contributed by atoms with E-state index in [9.17, 15) is 20.4 Å². The van der Waals surface area contributed by atoms with Crippen LogP contribution in [-0.2, 0) is 0 Å². The number of aliphatic hydroxyl groups is 4. The second-order valence-electron chi connectivity index (χ2n) is 9.77. The highest BCUT2D eigenvalue weighted by Crippen LogP contribution is 2.43. The van der Waals surface area contributed by atoms with E-state index < -0.39 is 30.8 Å². The summed E-state index contributed by atoms with van der Waals surface area (Å²) in [4.78, 5) is 0. The first kappa shape index (κ1) is 26.1. The summed E-state index contributed by atoms with van der Waals surface area (Å²) >= 11 is 0. The molecule has 34 heavy (non-hydrogen) atoms. The zero-order chi connectivity index (χ0) is 25.2. The highest BCUT2D eigenvalue weighted by Gasteiger charge is 2.38. The van der Waals surface area contributed by atoms with E-state index in [2.05, 4.69) is 70.2 Å². The molecule has 0 radical (unpaired) electrons. The molecule has 182 valence electrons. The third-order valence-corrected chi connectivity index (χ3v) is 7.35. The first-order valence-corrected chi connectivity index (χ1v) is 11.9. The largest absolute Gasteiger partial charge is 0.394 e. The standard InChI is InChI=1S/C30H38O4/c1-17-7-10-23(13-20(17)4)27(24-11-8-18(2)21(5)14-24)28(30(34)29(33)26(32)16-31)25-12-9-19(3)22(6)15-25/h7-15,26-34H,16H2,1-6H3/t26-,28+,29-,30-/m1/s1. The van der Waals surface area contributed by atoms with Gasteiger partial charge in [0.25, 0.3) is 0 Å². The highest BCUT2D eigenvalue weighted by molar-refractivity contribution is 5.45. The van der Waals surface area contributed by atoms with Crippen molar-refractivity contribution in [1.82, 2.24) is 0 Å². The van der Waals surface area contributed by atoms with Crippen LogP contribution in [-0.4, -0.2) is 45.3 Å². The van der Waals surface area contributed by atoms with Gasteiger partial charge in [-0.2, -0.15) is 0 Å². The van der Waals surface area contributed by atoms with Crippen molar-refractivity contribution in [1.29, 1.82) is 0 Å². The quantitative estimate of drug-likeness (QED) is 0.397. The molecule has 4 atom stereocenters. The van der Waals surface area contributed by atoms with Gasteiger partial charge >= 0.3 is 0 Å². The Morgan fingerprint density at radius 1 is 0.529 bits per heavy atom. The lowest BCUT2D eigenvalue weighted by atomic mass is 9.71. The molecule has 3 aromatic carbocycles. The molecule has 0 aromatic heterocycles. The third-order valence-electron chi connectivity index (χ3n) is 7.35. The Balaban J connectivity index is 2.29. The van der Waals surface area contributed by atoms with Gasteiger partial charge in [0.05, 0.1) is 12.7 Å². The molecular formula is C30H38O4. The minimum Gasteiger partial charge on any atom is -0.394 e. The molecule has 0 amide bonds. The fourth-order valence-corrected chi connectivity index (χ4v) is 4.63. The SMILES string of the molecule is Cc1ccc(C(c2ccc(C)c(C)c2)[C@H](c2ccc(C)c(C)c2)[C@@H](O)[C@H](O)[C@H](O)CO)cc1C. The summed E-state index contributed by atoms with van der Waals surface area (Å²) < 4.78 is 0. The summed E-state index contributed by atoms with van der Waals surface area (Å²) in [6.07, 6.45) is -4.25. The first-order valence-electron chi connectivity index (χ1n) is 11.9. The molecular weight excluding hydrogens is 424 g/mol. The maximum atomic E-state index is 11.5. The van der Waals surface area contributed by atoms with Crippen molar-refractivity contribution in [2.24, 2.45) is 0 Å². The molecule has 0 aliphatic heterocycles. The Morgan fingerprint density at radius 2 is 0.912 bits per heavy atom. The minimum absolute atomic E-state index is 0.281. The van der Waals surface area contributed by atoms with Gasteiger partial charge in [-0.05, 0) is 91.6 Å². The van der Waals surface area contributed by atoms with Gasteiger partial charge < -0.3 is 20.4 Å². The Kier molecular flexibility index (Phi) is 8.32. The van der Waals surface area contributed by atoms with Crippen LogP contribution in [0.5, 0.6) is 0 Å². The molecule has 0 spiro atoms. The van der Waals surface area contributed by atoms with Crippen LogP contribution in [0.3, 0.4) is 0 Å². The van der Waals surface area contributed by atoms with Gasteiger partial charge in [-0.1, -0.05) is 54.6 Å². The smallest absolute Gasteiger partial charge is 0.109 e. The van der Waals surface area contributed by atoms with Gasteiger partial charge in [0.2, 0.25) is 0 Å². The van der Waals surface area contributed by atoms with Crippen LogP contribution in [0.25, 0.3) is 0 Å². The average molecular weight is 463 g/mol. The van der Waals surface area contributed by atoms with Gasteiger partial charge in [-0.3, -0.25) is 0 Å². The molecule has 0 bridgehead atoms. The number of hydrogen-bond donors (Lipinski definition) is 4. The van der Waals surface area contributed by atoms with Crippen molar-refractivity contribution in [3.63, 3.8) is 0 Å². The van der Waals surface area contributed by atoms with Crippen molar-refractivity contribution in [3.8, 4) is 0 Å². The molecule has 3 aromatic rings. The first-order chi connectivity index (χ1) is 16.0.